The van der Waals surface area contributed by atoms with E-state index < -0.39 is 17.3 Å². The van der Waals surface area contributed by atoms with Crippen molar-refractivity contribution in [3.8, 4) is 0 Å². The van der Waals surface area contributed by atoms with Crippen molar-refractivity contribution in [3.63, 3.8) is 0 Å². The first-order valence-electron chi connectivity index (χ1n) is 16.6. The summed E-state index contributed by atoms with van der Waals surface area (Å²) in [5.74, 6) is -0.245. The summed E-state index contributed by atoms with van der Waals surface area (Å²) in [6, 6.07) is 3.28. The zero-order chi connectivity index (χ0) is 31.7. The number of piperazine rings is 1. The van der Waals surface area contributed by atoms with E-state index >= 15 is 4.39 Å². The molecule has 12 heteroatoms. The molecule has 0 spiro atoms. The molecule has 45 heavy (non-hydrogen) atoms. The number of imide groups is 1. The molecule has 0 radical (unpaired) electrons. The number of aryl methyl sites for hydroxylation is 1. The van der Waals surface area contributed by atoms with Gasteiger partial charge < -0.3 is 14.2 Å². The van der Waals surface area contributed by atoms with Gasteiger partial charge in [-0.15, -0.1) is 0 Å². The van der Waals surface area contributed by atoms with Gasteiger partial charge in [0.1, 0.15) is 16.9 Å². The Hall–Kier alpha value is -3.25. The molecule has 2 atom stereocenters. The maximum absolute atomic E-state index is 16.1. The lowest BCUT2D eigenvalue weighted by Gasteiger charge is -2.51. The molecule has 1 N–H and O–H groups in total. The van der Waals surface area contributed by atoms with E-state index in [0.29, 0.717) is 68.9 Å². The lowest BCUT2D eigenvalue weighted by molar-refractivity contribution is -0.120. The summed E-state index contributed by atoms with van der Waals surface area (Å²) in [5.41, 5.74) is 0.952. The summed E-state index contributed by atoms with van der Waals surface area (Å²) in [6.45, 7) is 11.3. The van der Waals surface area contributed by atoms with Gasteiger partial charge in [-0.25, -0.2) is 19.0 Å². The number of anilines is 1. The minimum Gasteiger partial charge on any atom is -0.444 e. The van der Waals surface area contributed by atoms with Crippen LogP contribution in [0.15, 0.2) is 18.5 Å². The highest BCUT2D eigenvalue weighted by atomic mass is 19.1. The molecule has 5 fully saturated rings. The van der Waals surface area contributed by atoms with E-state index in [1.807, 2.05) is 26.8 Å². The second kappa shape index (κ2) is 11.2. The summed E-state index contributed by atoms with van der Waals surface area (Å²) in [7, 11) is 0. The largest absolute Gasteiger partial charge is 0.444 e. The molecular formula is C33H46FN7O4. The van der Waals surface area contributed by atoms with Crippen molar-refractivity contribution in [2.24, 2.45) is 0 Å². The number of nitrogens with zero attached hydrogens (tertiary/aromatic N) is 6. The molecule has 2 aromatic rings. The molecule has 6 heterocycles. The van der Waals surface area contributed by atoms with E-state index in [4.69, 9.17) is 9.72 Å². The van der Waals surface area contributed by atoms with Crippen molar-refractivity contribution in [2.45, 2.75) is 108 Å². The van der Waals surface area contributed by atoms with E-state index in [9.17, 15) is 14.4 Å². The molecule has 5 aliphatic rings. The highest BCUT2D eigenvalue weighted by molar-refractivity contribution is 6.06. The fourth-order valence-corrected chi connectivity index (χ4v) is 8.08. The van der Waals surface area contributed by atoms with Gasteiger partial charge in [0.25, 0.3) is 0 Å². The Morgan fingerprint density at radius 1 is 1.07 bits per heavy atom. The third-order valence-electron chi connectivity index (χ3n) is 10.7. The number of rotatable bonds is 5. The number of halogens is 1. The Labute approximate surface area is 264 Å². The van der Waals surface area contributed by atoms with Crippen LogP contribution in [0.1, 0.15) is 77.3 Å². The molecule has 4 saturated heterocycles. The fourth-order valence-electron chi connectivity index (χ4n) is 8.08. The van der Waals surface area contributed by atoms with Crippen LogP contribution in [0.3, 0.4) is 0 Å². The Morgan fingerprint density at radius 2 is 1.76 bits per heavy atom. The first kappa shape index (κ1) is 30.4. The van der Waals surface area contributed by atoms with E-state index in [1.54, 1.807) is 16.0 Å². The standard InChI is InChI=1S/C33H46FN7O4/c1-21-17-40(29-27(21)15-26(16-35-29)39-10-7-28(42)36-30(39)43)25-13-24(14-25)38-18-22-5-6-23(19-38)41(22)20-33(34)8-11-37(12-9-33)31(44)45-32(2,3)4/h15-17,22-25H,5-14,18-20H2,1-4H3,(H,36,42,43). The van der Waals surface area contributed by atoms with Crippen molar-refractivity contribution in [1.29, 1.82) is 0 Å². The molecule has 1 aliphatic carbocycles. The summed E-state index contributed by atoms with van der Waals surface area (Å²) >= 11 is 0. The quantitative estimate of drug-likeness (QED) is 0.527. The van der Waals surface area contributed by atoms with Crippen LogP contribution in [-0.4, -0.2) is 111 Å². The molecule has 2 bridgehead atoms. The third-order valence-corrected chi connectivity index (χ3v) is 10.7. The minimum atomic E-state index is -1.27. The van der Waals surface area contributed by atoms with Crippen LogP contribution in [0.5, 0.6) is 0 Å². The number of likely N-dealkylation sites (tertiary alicyclic amines) is 2. The molecule has 2 unspecified atom stereocenters. The molecule has 0 aromatic carbocycles. The molecule has 244 valence electrons. The van der Waals surface area contributed by atoms with Crippen molar-refractivity contribution in [2.75, 3.05) is 44.2 Å². The number of pyridine rings is 1. The predicted octanol–water partition coefficient (Wildman–Crippen LogP) is 4.38. The Balaban J connectivity index is 0.937. The van der Waals surface area contributed by atoms with E-state index in [1.165, 1.54) is 0 Å². The van der Waals surface area contributed by atoms with Crippen molar-refractivity contribution < 1.29 is 23.5 Å². The molecule has 2 aromatic heterocycles. The SMILES string of the molecule is Cc1cn(C2CC(N3CC4CCC(C3)N4CC3(F)CCN(C(=O)OC(C)(C)C)CC3)C2)c2ncc(N3CCC(=O)NC3=O)cc12. The van der Waals surface area contributed by atoms with Gasteiger partial charge in [-0.3, -0.25) is 24.8 Å². The van der Waals surface area contributed by atoms with Crippen LogP contribution in [-0.2, 0) is 9.53 Å². The zero-order valence-electron chi connectivity index (χ0n) is 26.9. The number of aromatic nitrogens is 2. The van der Waals surface area contributed by atoms with Gasteiger partial charge in [0.15, 0.2) is 0 Å². The number of carbonyl (C=O) groups excluding carboxylic acids is 3. The van der Waals surface area contributed by atoms with Crippen molar-refractivity contribution in [1.82, 2.24) is 29.6 Å². The van der Waals surface area contributed by atoms with Gasteiger partial charge in [-0.2, -0.15) is 0 Å². The maximum atomic E-state index is 16.1. The third kappa shape index (κ3) is 5.91. The van der Waals surface area contributed by atoms with Crippen LogP contribution in [0.25, 0.3) is 11.0 Å². The number of nitrogens with one attached hydrogen (secondary N) is 1. The van der Waals surface area contributed by atoms with Crippen LogP contribution in [0.4, 0.5) is 19.7 Å². The zero-order valence-corrected chi connectivity index (χ0v) is 26.9. The average molecular weight is 624 g/mol. The number of fused-ring (bicyclic) bond motifs is 3. The second-order valence-electron chi connectivity index (χ2n) is 14.9. The normalized spacial score (nSPS) is 29.2. The molecule has 11 nitrogen and oxygen atoms in total. The van der Waals surface area contributed by atoms with Gasteiger partial charge >= 0.3 is 12.1 Å². The number of urea groups is 1. The number of alkyl halides is 1. The molecule has 4 aliphatic heterocycles. The number of hydrogen-bond donors (Lipinski definition) is 1. The Bertz CT molecular complexity index is 1480. The van der Waals surface area contributed by atoms with Crippen molar-refractivity contribution in [3.05, 3.63) is 24.0 Å². The monoisotopic (exact) mass is 623 g/mol. The molecule has 4 amide bonds. The molecule has 7 rings (SSSR count). The molecule has 1 saturated carbocycles. The smallest absolute Gasteiger partial charge is 0.410 e. The van der Waals surface area contributed by atoms with Gasteiger partial charge in [-0.05, 0) is 65.0 Å². The summed E-state index contributed by atoms with van der Waals surface area (Å²) < 4.78 is 23.9. The second-order valence-corrected chi connectivity index (χ2v) is 14.9. The predicted molar refractivity (Wildman–Crippen MR) is 168 cm³/mol. The fraction of sp³-hybridized carbons (Fsp3) is 0.697. The lowest BCUT2D eigenvalue weighted by atomic mass is 9.84. The summed E-state index contributed by atoms with van der Waals surface area (Å²) in [6.07, 6.45) is 8.95. The van der Waals surface area contributed by atoms with Gasteiger partial charge in [0.05, 0.1) is 11.9 Å². The number of amides is 4. The lowest BCUT2D eigenvalue weighted by Crippen LogP contribution is -2.61. The van der Waals surface area contributed by atoms with E-state index in [-0.39, 0.29) is 18.4 Å². The highest BCUT2D eigenvalue weighted by Crippen LogP contribution is 2.43. The number of ether oxygens (including phenoxy) is 1. The van der Waals surface area contributed by atoms with Gasteiger partial charge in [-0.1, -0.05) is 0 Å². The van der Waals surface area contributed by atoms with Crippen LogP contribution in [0.2, 0.25) is 0 Å². The molecular weight excluding hydrogens is 577 g/mol. The average Bonchev–Trinajstić information content (AvgIpc) is 3.36. The van der Waals surface area contributed by atoms with E-state index in [0.717, 1.165) is 55.4 Å². The summed E-state index contributed by atoms with van der Waals surface area (Å²) in [4.78, 5) is 49.5. The first-order chi connectivity index (χ1) is 21.4. The number of piperidine rings is 1. The first-order valence-corrected chi connectivity index (χ1v) is 16.6. The Morgan fingerprint density at radius 3 is 2.40 bits per heavy atom. The van der Waals surface area contributed by atoms with Crippen LogP contribution >= 0.6 is 0 Å². The number of carbonyl (C=O) groups is 3. The van der Waals surface area contributed by atoms with Gasteiger partial charge in [0, 0.05) is 94.3 Å². The van der Waals surface area contributed by atoms with E-state index in [2.05, 4.69) is 32.8 Å². The van der Waals surface area contributed by atoms with Crippen LogP contribution < -0.4 is 10.2 Å². The topological polar surface area (TPSA) is 103 Å². The van der Waals surface area contributed by atoms with Crippen molar-refractivity contribution >= 4 is 34.8 Å². The minimum absolute atomic E-state index is 0.245. The Kier molecular flexibility index (Phi) is 7.58. The summed E-state index contributed by atoms with van der Waals surface area (Å²) in [5, 5.41) is 3.42. The number of hydrogen-bond acceptors (Lipinski definition) is 7. The highest BCUT2D eigenvalue weighted by Gasteiger charge is 2.48. The van der Waals surface area contributed by atoms with Crippen LogP contribution in [0, 0.1) is 6.92 Å². The van der Waals surface area contributed by atoms with Gasteiger partial charge in [0.2, 0.25) is 5.91 Å². The maximum Gasteiger partial charge on any atom is 0.410 e.